The van der Waals surface area contributed by atoms with Gasteiger partial charge in [0.2, 0.25) is 5.91 Å². The van der Waals surface area contributed by atoms with E-state index in [0.29, 0.717) is 25.2 Å². The third-order valence-electron chi connectivity index (χ3n) is 7.56. The van der Waals surface area contributed by atoms with Crippen molar-refractivity contribution in [2.45, 2.75) is 83.0 Å². The van der Waals surface area contributed by atoms with Crippen molar-refractivity contribution in [3.8, 4) is 0 Å². The summed E-state index contributed by atoms with van der Waals surface area (Å²) in [5.41, 5.74) is 3.94. The summed E-state index contributed by atoms with van der Waals surface area (Å²) in [6, 6.07) is 4.53. The Morgan fingerprint density at radius 2 is 2.00 bits per heavy atom. The summed E-state index contributed by atoms with van der Waals surface area (Å²) in [7, 11) is 0. The molecule has 4 heteroatoms. The SMILES string of the molecule is Cc1ccc2[nH]cc(C(C)CC(=O)N3C4CC5CC3CC(F)(C5)C4)c2c1C.[HH]. The number of nitrogens with zero attached hydrogens (tertiary/aromatic N) is 1. The van der Waals surface area contributed by atoms with Crippen LogP contribution >= 0.6 is 0 Å². The average Bonchev–Trinajstić information content (AvgIpc) is 3.01. The number of hydrogen-bond acceptors (Lipinski definition) is 1. The zero-order valence-electron chi connectivity index (χ0n) is 16.5. The molecule has 2 aliphatic carbocycles. The van der Waals surface area contributed by atoms with Crippen molar-refractivity contribution in [3.05, 3.63) is 35.0 Å². The Labute approximate surface area is 161 Å². The van der Waals surface area contributed by atoms with Gasteiger partial charge in [0.05, 0.1) is 0 Å². The molecule has 4 aliphatic rings. The van der Waals surface area contributed by atoms with Gasteiger partial charge in [-0.2, -0.15) is 0 Å². The van der Waals surface area contributed by atoms with Gasteiger partial charge in [0.25, 0.3) is 0 Å². The van der Waals surface area contributed by atoms with Crippen LogP contribution in [0.5, 0.6) is 0 Å². The van der Waals surface area contributed by atoms with Crippen LogP contribution in [0.15, 0.2) is 18.3 Å². The van der Waals surface area contributed by atoms with E-state index in [-0.39, 0.29) is 25.3 Å². The first-order valence-electron chi connectivity index (χ1n) is 10.4. The quantitative estimate of drug-likeness (QED) is 0.771. The van der Waals surface area contributed by atoms with Crippen LogP contribution in [0.2, 0.25) is 0 Å². The molecule has 0 spiro atoms. The summed E-state index contributed by atoms with van der Waals surface area (Å²) in [5, 5.41) is 1.26. The van der Waals surface area contributed by atoms with E-state index < -0.39 is 5.67 Å². The van der Waals surface area contributed by atoms with Crippen LogP contribution < -0.4 is 0 Å². The van der Waals surface area contributed by atoms with E-state index >= 15 is 0 Å². The number of benzene rings is 1. The van der Waals surface area contributed by atoms with Gasteiger partial charge in [-0.3, -0.25) is 4.79 Å². The zero-order chi connectivity index (χ0) is 18.9. The first kappa shape index (κ1) is 17.3. The van der Waals surface area contributed by atoms with Crippen LogP contribution in [-0.4, -0.2) is 33.5 Å². The maximum absolute atomic E-state index is 14.9. The molecule has 3 nitrogen and oxygen atoms in total. The summed E-state index contributed by atoms with van der Waals surface area (Å²) in [4.78, 5) is 18.7. The molecule has 4 bridgehead atoms. The number of nitrogens with one attached hydrogen (secondary N) is 1. The topological polar surface area (TPSA) is 36.1 Å². The first-order chi connectivity index (χ1) is 12.8. The lowest BCUT2D eigenvalue weighted by Crippen LogP contribution is -2.64. The average molecular weight is 371 g/mol. The van der Waals surface area contributed by atoms with E-state index in [9.17, 15) is 9.18 Å². The maximum atomic E-state index is 14.9. The van der Waals surface area contributed by atoms with E-state index in [1.165, 1.54) is 22.1 Å². The molecule has 1 amide bonds. The Hall–Kier alpha value is -1.84. The minimum absolute atomic E-state index is 0. The Balaban J connectivity index is 0.00000192. The number of aromatic amines is 1. The standard InChI is InChI=1S/C23H29FN2O.H2/c1-13-4-5-20-22(15(13)3)19(12-25-20)14(2)6-21(27)26-17-7-16-8-18(26)11-23(24,9-16)10-17;/h4-5,12,14,16-18,25H,6-11H2,1-3H3;1H. The number of hydrogen-bond donors (Lipinski definition) is 1. The minimum Gasteiger partial charge on any atom is -0.361 e. The van der Waals surface area contributed by atoms with Gasteiger partial charge in [-0.1, -0.05) is 13.0 Å². The summed E-state index contributed by atoms with van der Waals surface area (Å²) in [5.74, 6) is 0.871. The summed E-state index contributed by atoms with van der Waals surface area (Å²) >= 11 is 0. The number of alkyl halides is 1. The lowest BCUT2D eigenvalue weighted by atomic mass is 9.62. The molecule has 2 aromatic rings. The molecule has 4 fully saturated rings. The normalized spacial score (nSPS) is 33.0. The predicted octanol–water partition coefficient (Wildman–Crippen LogP) is 5.41. The summed E-state index contributed by atoms with van der Waals surface area (Å²) in [6.45, 7) is 6.44. The Morgan fingerprint density at radius 3 is 2.67 bits per heavy atom. The lowest BCUT2D eigenvalue weighted by molar-refractivity contribution is -0.160. The summed E-state index contributed by atoms with van der Waals surface area (Å²) < 4.78 is 14.9. The number of piperidine rings is 2. The van der Waals surface area contributed by atoms with Crippen molar-refractivity contribution in [2.75, 3.05) is 0 Å². The number of H-pyrrole nitrogens is 1. The molecule has 3 atom stereocenters. The van der Waals surface area contributed by atoms with E-state index in [1.54, 1.807) is 0 Å². The summed E-state index contributed by atoms with van der Waals surface area (Å²) in [6.07, 6.45) is 6.44. The van der Waals surface area contributed by atoms with Gasteiger partial charge in [-0.05, 0) is 67.7 Å². The van der Waals surface area contributed by atoms with Crippen molar-refractivity contribution >= 4 is 16.8 Å². The van der Waals surface area contributed by atoms with Crippen LogP contribution in [0.25, 0.3) is 10.9 Å². The number of halogens is 1. The number of aromatic nitrogens is 1. The smallest absolute Gasteiger partial charge is 0.223 e. The van der Waals surface area contributed by atoms with Crippen LogP contribution in [0.3, 0.4) is 0 Å². The molecule has 27 heavy (non-hydrogen) atoms. The molecule has 3 unspecified atom stereocenters. The van der Waals surface area contributed by atoms with Crippen LogP contribution in [0.1, 0.15) is 69.5 Å². The number of rotatable bonds is 3. The van der Waals surface area contributed by atoms with E-state index in [2.05, 4.69) is 49.0 Å². The Kier molecular flexibility index (Phi) is 3.73. The van der Waals surface area contributed by atoms with Crippen LogP contribution in [0, 0.1) is 19.8 Å². The van der Waals surface area contributed by atoms with Gasteiger partial charge in [0.15, 0.2) is 0 Å². The molecule has 2 saturated heterocycles. The highest BCUT2D eigenvalue weighted by atomic mass is 19.1. The monoisotopic (exact) mass is 370 g/mol. The molecule has 6 rings (SSSR count). The van der Waals surface area contributed by atoms with Crippen molar-refractivity contribution in [2.24, 2.45) is 5.92 Å². The number of aryl methyl sites for hydroxylation is 2. The van der Waals surface area contributed by atoms with Gasteiger partial charge in [-0.15, -0.1) is 0 Å². The molecule has 146 valence electrons. The molecular weight excluding hydrogens is 339 g/mol. The number of carbonyl (C=O) groups excluding carboxylic acids is 1. The third kappa shape index (κ3) is 2.63. The second-order valence-electron chi connectivity index (χ2n) is 9.49. The highest BCUT2D eigenvalue weighted by Crippen LogP contribution is 2.53. The molecular formula is C23H31FN2O. The van der Waals surface area contributed by atoms with Gasteiger partial charge >= 0.3 is 0 Å². The first-order valence-corrected chi connectivity index (χ1v) is 10.4. The molecule has 1 aromatic heterocycles. The number of carbonyl (C=O) groups is 1. The molecule has 3 heterocycles. The molecule has 2 saturated carbocycles. The maximum Gasteiger partial charge on any atom is 0.223 e. The fraction of sp³-hybridized carbons (Fsp3) is 0.609. The van der Waals surface area contributed by atoms with Gasteiger partial charge in [-0.25, -0.2) is 4.39 Å². The van der Waals surface area contributed by atoms with Crippen LogP contribution in [0.4, 0.5) is 4.39 Å². The van der Waals surface area contributed by atoms with Crippen molar-refractivity contribution in [1.82, 2.24) is 9.88 Å². The van der Waals surface area contributed by atoms with Crippen molar-refractivity contribution < 1.29 is 10.6 Å². The fourth-order valence-corrected chi connectivity index (χ4v) is 6.34. The highest BCUT2D eigenvalue weighted by Gasteiger charge is 2.56. The zero-order valence-corrected chi connectivity index (χ0v) is 16.5. The Bertz CT molecular complexity index is 907. The van der Waals surface area contributed by atoms with E-state index in [4.69, 9.17) is 0 Å². The largest absolute Gasteiger partial charge is 0.361 e. The molecule has 2 aliphatic heterocycles. The highest BCUT2D eigenvalue weighted by molar-refractivity contribution is 5.89. The Morgan fingerprint density at radius 1 is 1.30 bits per heavy atom. The van der Waals surface area contributed by atoms with E-state index in [0.717, 1.165) is 24.8 Å². The second-order valence-corrected chi connectivity index (χ2v) is 9.49. The van der Waals surface area contributed by atoms with Gasteiger partial charge < -0.3 is 9.88 Å². The van der Waals surface area contributed by atoms with E-state index in [1.807, 2.05) is 0 Å². The fourth-order valence-electron chi connectivity index (χ4n) is 6.34. The molecule has 1 N–H and O–H groups in total. The third-order valence-corrected chi connectivity index (χ3v) is 7.56. The minimum atomic E-state index is -0.996. The second kappa shape index (κ2) is 5.83. The lowest BCUT2D eigenvalue weighted by Gasteiger charge is -2.58. The van der Waals surface area contributed by atoms with Crippen molar-refractivity contribution in [1.29, 1.82) is 0 Å². The van der Waals surface area contributed by atoms with Crippen LogP contribution in [-0.2, 0) is 4.79 Å². The van der Waals surface area contributed by atoms with Gasteiger partial charge in [0, 0.05) is 49.9 Å². The number of fused-ring (bicyclic) bond motifs is 1. The number of amides is 1. The molecule has 1 aromatic carbocycles. The van der Waals surface area contributed by atoms with Crippen molar-refractivity contribution in [3.63, 3.8) is 0 Å². The predicted molar refractivity (Wildman–Crippen MR) is 108 cm³/mol. The van der Waals surface area contributed by atoms with Gasteiger partial charge in [0.1, 0.15) is 5.67 Å². The molecule has 0 radical (unpaired) electrons.